The number of piperidine rings is 1. The zero-order valence-electron chi connectivity index (χ0n) is 13.6. The maximum atomic E-state index is 10.1. The van der Waals surface area contributed by atoms with E-state index in [4.69, 9.17) is 0 Å². The molecule has 0 spiro atoms. The summed E-state index contributed by atoms with van der Waals surface area (Å²) in [5.41, 5.74) is 3.25. The van der Waals surface area contributed by atoms with Crippen molar-refractivity contribution in [2.24, 2.45) is 5.92 Å². The predicted molar refractivity (Wildman–Crippen MR) is 88.1 cm³/mol. The Balaban J connectivity index is 1.93. The summed E-state index contributed by atoms with van der Waals surface area (Å²) < 4.78 is 1.86. The van der Waals surface area contributed by atoms with Crippen LogP contribution in [0.4, 0.5) is 0 Å². The van der Waals surface area contributed by atoms with Crippen molar-refractivity contribution in [2.75, 3.05) is 13.1 Å². The van der Waals surface area contributed by atoms with Crippen LogP contribution in [0.2, 0.25) is 0 Å². The number of rotatable bonds is 3. The van der Waals surface area contributed by atoms with E-state index in [1.54, 1.807) is 0 Å². The number of aliphatic hydroxyl groups is 1. The van der Waals surface area contributed by atoms with Gasteiger partial charge in [0.15, 0.2) is 0 Å². The first-order chi connectivity index (χ1) is 11.1. The zero-order chi connectivity index (χ0) is 16.4. The molecule has 0 amide bonds. The smallest absolute Gasteiger partial charge is 0.103 e. The lowest BCUT2D eigenvalue weighted by molar-refractivity contribution is 0.0251. The molecular formula is C18H22N4O. The van der Waals surface area contributed by atoms with Crippen molar-refractivity contribution in [3.05, 3.63) is 47.3 Å². The number of hydrogen-bond donors (Lipinski definition) is 1. The standard InChI is InChI=1S/C18H22N4O/c1-13-8-9-21(12-18(13)23)11-17-16(10-19)14(2)20-22(17)15-6-4-3-5-7-15/h3-7,13,18,23H,8-9,11-12H2,1-2H3. The van der Waals surface area contributed by atoms with Gasteiger partial charge >= 0.3 is 0 Å². The van der Waals surface area contributed by atoms with Crippen molar-refractivity contribution in [1.29, 1.82) is 5.26 Å². The fourth-order valence-electron chi connectivity index (χ4n) is 3.12. The van der Waals surface area contributed by atoms with E-state index in [-0.39, 0.29) is 6.10 Å². The average Bonchev–Trinajstić information content (AvgIpc) is 2.87. The maximum Gasteiger partial charge on any atom is 0.103 e. The van der Waals surface area contributed by atoms with Gasteiger partial charge in [0.1, 0.15) is 6.07 Å². The Labute approximate surface area is 136 Å². The molecule has 0 saturated carbocycles. The van der Waals surface area contributed by atoms with Gasteiger partial charge < -0.3 is 5.11 Å². The summed E-state index contributed by atoms with van der Waals surface area (Å²) in [4.78, 5) is 2.21. The monoisotopic (exact) mass is 310 g/mol. The Kier molecular flexibility index (Phi) is 4.46. The molecule has 1 saturated heterocycles. The molecule has 1 N–H and O–H groups in total. The molecule has 1 aromatic carbocycles. The average molecular weight is 310 g/mol. The fourth-order valence-corrected chi connectivity index (χ4v) is 3.12. The Hall–Kier alpha value is -2.16. The summed E-state index contributed by atoms with van der Waals surface area (Å²) in [6.07, 6.45) is 0.671. The predicted octanol–water partition coefficient (Wildman–Crippen LogP) is 2.26. The van der Waals surface area contributed by atoms with E-state index in [9.17, 15) is 10.4 Å². The third-order valence-electron chi connectivity index (χ3n) is 4.64. The largest absolute Gasteiger partial charge is 0.392 e. The number of nitrogens with zero attached hydrogens (tertiary/aromatic N) is 4. The summed E-state index contributed by atoms with van der Waals surface area (Å²) >= 11 is 0. The maximum absolute atomic E-state index is 10.1. The number of aliphatic hydroxyl groups excluding tert-OH is 1. The van der Waals surface area contributed by atoms with Gasteiger partial charge in [-0.3, -0.25) is 4.90 Å². The summed E-state index contributed by atoms with van der Waals surface area (Å²) in [5, 5.41) is 24.2. The number of aromatic nitrogens is 2. The van der Waals surface area contributed by atoms with Crippen LogP contribution in [0.25, 0.3) is 5.69 Å². The molecule has 1 aromatic heterocycles. The Morgan fingerprint density at radius 1 is 1.35 bits per heavy atom. The molecule has 5 nitrogen and oxygen atoms in total. The molecule has 2 atom stereocenters. The summed E-state index contributed by atoms with van der Waals surface area (Å²) in [7, 11) is 0. The number of likely N-dealkylation sites (tertiary alicyclic amines) is 1. The molecule has 0 bridgehead atoms. The van der Waals surface area contributed by atoms with Crippen LogP contribution >= 0.6 is 0 Å². The van der Waals surface area contributed by atoms with Gasteiger partial charge in [-0.2, -0.15) is 10.4 Å². The van der Waals surface area contributed by atoms with Gasteiger partial charge in [-0.25, -0.2) is 4.68 Å². The first-order valence-corrected chi connectivity index (χ1v) is 8.04. The van der Waals surface area contributed by atoms with Crippen molar-refractivity contribution < 1.29 is 5.11 Å². The van der Waals surface area contributed by atoms with Crippen LogP contribution in [-0.2, 0) is 6.54 Å². The van der Waals surface area contributed by atoms with Gasteiger partial charge in [-0.05, 0) is 37.9 Å². The molecule has 1 aliphatic heterocycles. The molecule has 2 heterocycles. The summed E-state index contributed by atoms with van der Waals surface area (Å²) in [6.45, 7) is 6.16. The minimum absolute atomic E-state index is 0.302. The second-order valence-corrected chi connectivity index (χ2v) is 6.33. The minimum Gasteiger partial charge on any atom is -0.392 e. The minimum atomic E-state index is -0.302. The molecule has 0 radical (unpaired) electrons. The van der Waals surface area contributed by atoms with Crippen molar-refractivity contribution >= 4 is 0 Å². The third-order valence-corrected chi connectivity index (χ3v) is 4.64. The number of hydrogen-bond acceptors (Lipinski definition) is 4. The van der Waals surface area contributed by atoms with E-state index in [0.717, 1.165) is 30.0 Å². The number of nitriles is 1. The molecule has 1 fully saturated rings. The molecule has 3 rings (SSSR count). The molecule has 5 heteroatoms. The van der Waals surface area contributed by atoms with Crippen molar-refractivity contribution in [2.45, 2.75) is 32.9 Å². The highest BCUT2D eigenvalue weighted by molar-refractivity contribution is 5.43. The SMILES string of the molecule is Cc1nn(-c2ccccc2)c(CN2CCC(C)C(O)C2)c1C#N. The number of β-amino-alcohol motifs (C(OH)–C–C–N with tert-alkyl or cyclic N) is 1. The van der Waals surface area contributed by atoms with E-state index < -0.39 is 0 Å². The van der Waals surface area contributed by atoms with Gasteiger partial charge in [0.25, 0.3) is 0 Å². The van der Waals surface area contributed by atoms with Gasteiger partial charge in [-0.1, -0.05) is 25.1 Å². The van der Waals surface area contributed by atoms with Crippen LogP contribution in [0.5, 0.6) is 0 Å². The molecule has 2 unspecified atom stereocenters. The van der Waals surface area contributed by atoms with Gasteiger partial charge in [0.05, 0.1) is 28.7 Å². The van der Waals surface area contributed by atoms with E-state index in [0.29, 0.717) is 24.6 Å². The fraction of sp³-hybridized carbons (Fsp3) is 0.444. The molecule has 1 aliphatic rings. The third kappa shape index (κ3) is 3.14. The molecule has 0 aliphatic carbocycles. The highest BCUT2D eigenvalue weighted by Gasteiger charge is 2.26. The van der Waals surface area contributed by atoms with Crippen LogP contribution in [0.3, 0.4) is 0 Å². The lowest BCUT2D eigenvalue weighted by Crippen LogP contribution is -2.42. The molecule has 120 valence electrons. The highest BCUT2D eigenvalue weighted by atomic mass is 16.3. The molecular weight excluding hydrogens is 288 g/mol. The van der Waals surface area contributed by atoms with Crippen molar-refractivity contribution in [3.63, 3.8) is 0 Å². The molecule has 2 aromatic rings. The second-order valence-electron chi connectivity index (χ2n) is 6.33. The van der Waals surface area contributed by atoms with Crippen LogP contribution in [0.1, 0.15) is 30.3 Å². The second kappa shape index (κ2) is 6.53. The summed E-state index contributed by atoms with van der Waals surface area (Å²) in [5.74, 6) is 0.336. The van der Waals surface area contributed by atoms with Crippen LogP contribution < -0.4 is 0 Å². The van der Waals surface area contributed by atoms with E-state index in [2.05, 4.69) is 23.0 Å². The van der Waals surface area contributed by atoms with Crippen molar-refractivity contribution in [1.82, 2.24) is 14.7 Å². The Morgan fingerprint density at radius 3 is 2.74 bits per heavy atom. The van der Waals surface area contributed by atoms with Crippen molar-refractivity contribution in [3.8, 4) is 11.8 Å². The van der Waals surface area contributed by atoms with E-state index in [1.807, 2.05) is 41.9 Å². The van der Waals surface area contributed by atoms with Crippen LogP contribution in [-0.4, -0.2) is 39.0 Å². The number of aryl methyl sites for hydroxylation is 1. The first kappa shape index (κ1) is 15.7. The Morgan fingerprint density at radius 2 is 2.09 bits per heavy atom. The quantitative estimate of drug-likeness (QED) is 0.944. The lowest BCUT2D eigenvalue weighted by Gasteiger charge is -2.34. The van der Waals surface area contributed by atoms with E-state index >= 15 is 0 Å². The van der Waals surface area contributed by atoms with Gasteiger partial charge in [0.2, 0.25) is 0 Å². The number of benzene rings is 1. The first-order valence-electron chi connectivity index (χ1n) is 8.04. The highest BCUT2D eigenvalue weighted by Crippen LogP contribution is 2.23. The molecule has 23 heavy (non-hydrogen) atoms. The van der Waals surface area contributed by atoms with Crippen LogP contribution in [0.15, 0.2) is 30.3 Å². The van der Waals surface area contributed by atoms with Gasteiger partial charge in [-0.15, -0.1) is 0 Å². The lowest BCUT2D eigenvalue weighted by atomic mass is 9.96. The van der Waals surface area contributed by atoms with E-state index in [1.165, 1.54) is 0 Å². The number of para-hydroxylation sites is 1. The zero-order valence-corrected chi connectivity index (χ0v) is 13.6. The topological polar surface area (TPSA) is 65.1 Å². The normalized spacial score (nSPS) is 22.0. The Bertz CT molecular complexity index is 717. The van der Waals surface area contributed by atoms with Gasteiger partial charge in [0, 0.05) is 13.1 Å². The summed E-state index contributed by atoms with van der Waals surface area (Å²) in [6, 6.07) is 12.2. The van der Waals surface area contributed by atoms with Crippen LogP contribution in [0, 0.1) is 24.2 Å².